The van der Waals surface area contributed by atoms with Crippen LogP contribution in [-0.2, 0) is 4.79 Å². The Balaban J connectivity index is 2.92. The Morgan fingerprint density at radius 3 is 2.56 bits per heavy atom. The normalized spacial score (nSPS) is 13.8. The lowest BCUT2D eigenvalue weighted by Crippen LogP contribution is -2.42. The highest BCUT2D eigenvalue weighted by atomic mass is 16.5. The van der Waals surface area contributed by atoms with Crippen molar-refractivity contribution in [3.63, 3.8) is 0 Å². The van der Waals surface area contributed by atoms with E-state index in [1.54, 1.807) is 13.8 Å². The molecule has 0 aliphatic rings. The molecule has 1 aromatic rings. The van der Waals surface area contributed by atoms with E-state index < -0.39 is 11.6 Å². The highest BCUT2D eigenvalue weighted by Crippen LogP contribution is 2.21. The highest BCUT2D eigenvalue weighted by molar-refractivity contribution is 5.77. The first kappa shape index (κ1) is 14.2. The van der Waals surface area contributed by atoms with Gasteiger partial charge in [0, 0.05) is 0 Å². The van der Waals surface area contributed by atoms with Crippen LogP contribution in [0.25, 0.3) is 0 Å². The molecular formula is C11H17N3O4. The quantitative estimate of drug-likeness (QED) is 0.697. The van der Waals surface area contributed by atoms with Gasteiger partial charge in [0.1, 0.15) is 11.6 Å². The Kier molecular flexibility index (Phi) is 4.07. The van der Waals surface area contributed by atoms with Gasteiger partial charge in [0.25, 0.3) is 0 Å². The fourth-order valence-corrected chi connectivity index (χ4v) is 1.31. The summed E-state index contributed by atoms with van der Waals surface area (Å²) in [6.45, 7) is 4.49. The molecule has 0 amide bonds. The predicted octanol–water partition coefficient (Wildman–Crippen LogP) is 0.350. The largest absolute Gasteiger partial charge is 0.481 e. The van der Waals surface area contributed by atoms with Crippen molar-refractivity contribution in [2.45, 2.75) is 26.4 Å². The molecule has 0 aromatic carbocycles. The van der Waals surface area contributed by atoms with Crippen LogP contribution in [0.2, 0.25) is 0 Å². The molecule has 100 valence electrons. The molecule has 3 N–H and O–H groups in total. The second-order valence-electron chi connectivity index (χ2n) is 4.19. The minimum Gasteiger partial charge on any atom is -0.481 e. The number of nitrogens with zero attached hydrogens (tertiary/aromatic N) is 2. The first-order chi connectivity index (χ1) is 8.27. The number of methoxy groups -OCH3 is 1. The summed E-state index contributed by atoms with van der Waals surface area (Å²) < 4.78 is 5.08. The number of aliphatic carboxylic acids is 1. The lowest BCUT2D eigenvalue weighted by atomic mass is 10.1. The summed E-state index contributed by atoms with van der Waals surface area (Å²) in [4.78, 5) is 19.0. The fourth-order valence-electron chi connectivity index (χ4n) is 1.31. The van der Waals surface area contributed by atoms with Crippen LogP contribution in [0.5, 0.6) is 5.88 Å². The molecule has 7 heteroatoms. The Hall–Kier alpha value is -1.89. The van der Waals surface area contributed by atoms with Crippen molar-refractivity contribution in [2.75, 3.05) is 19.0 Å². The van der Waals surface area contributed by atoms with E-state index in [0.29, 0.717) is 23.1 Å². The van der Waals surface area contributed by atoms with Crippen LogP contribution in [-0.4, -0.2) is 45.4 Å². The molecule has 1 atom stereocenters. The first-order valence-electron chi connectivity index (χ1n) is 5.37. The molecule has 18 heavy (non-hydrogen) atoms. The second-order valence-corrected chi connectivity index (χ2v) is 4.19. The summed E-state index contributed by atoms with van der Waals surface area (Å²) in [6.07, 6.45) is 0. The minimum absolute atomic E-state index is 0.164. The third kappa shape index (κ3) is 3.07. The van der Waals surface area contributed by atoms with Crippen molar-refractivity contribution in [3.05, 3.63) is 11.4 Å². The maximum Gasteiger partial charge on any atom is 0.337 e. The number of anilines is 1. The summed E-state index contributed by atoms with van der Waals surface area (Å²) in [7, 11) is 1.49. The van der Waals surface area contributed by atoms with E-state index in [0.717, 1.165) is 0 Å². The van der Waals surface area contributed by atoms with Gasteiger partial charge in [0.2, 0.25) is 5.88 Å². The van der Waals surface area contributed by atoms with E-state index in [2.05, 4.69) is 15.3 Å². The third-order valence-electron chi connectivity index (χ3n) is 2.47. The van der Waals surface area contributed by atoms with Crippen molar-refractivity contribution in [1.82, 2.24) is 9.97 Å². The standard InChI is InChI=1S/C11H17N3O4/c1-6-8(12-5-11(3,17)10(15)16)13-7(2)14-9(6)18-4/h17H,5H2,1-4H3,(H,15,16)(H,12,13,14). The number of aromatic nitrogens is 2. The molecule has 1 unspecified atom stereocenters. The molecule has 0 saturated heterocycles. The Bertz CT molecular complexity index is 460. The van der Waals surface area contributed by atoms with Crippen LogP contribution < -0.4 is 10.1 Å². The van der Waals surface area contributed by atoms with Gasteiger partial charge >= 0.3 is 5.97 Å². The van der Waals surface area contributed by atoms with Gasteiger partial charge in [-0.3, -0.25) is 0 Å². The molecule has 0 spiro atoms. The van der Waals surface area contributed by atoms with Crippen LogP contribution >= 0.6 is 0 Å². The summed E-state index contributed by atoms with van der Waals surface area (Å²) in [6, 6.07) is 0. The number of hydrogen-bond donors (Lipinski definition) is 3. The van der Waals surface area contributed by atoms with Gasteiger partial charge in [-0.15, -0.1) is 0 Å². The molecule has 0 saturated carbocycles. The fraction of sp³-hybridized carbons (Fsp3) is 0.545. The van der Waals surface area contributed by atoms with Gasteiger partial charge in [-0.25, -0.2) is 9.78 Å². The predicted molar refractivity (Wildman–Crippen MR) is 64.8 cm³/mol. The topological polar surface area (TPSA) is 105 Å². The smallest absolute Gasteiger partial charge is 0.337 e. The number of aryl methyl sites for hydroxylation is 1. The zero-order chi connectivity index (χ0) is 13.9. The van der Waals surface area contributed by atoms with Crippen LogP contribution in [0.1, 0.15) is 18.3 Å². The van der Waals surface area contributed by atoms with Crippen molar-refractivity contribution in [1.29, 1.82) is 0 Å². The first-order valence-corrected chi connectivity index (χ1v) is 5.37. The van der Waals surface area contributed by atoms with Crippen LogP contribution in [0.15, 0.2) is 0 Å². The van der Waals surface area contributed by atoms with Crippen molar-refractivity contribution < 1.29 is 19.7 Å². The lowest BCUT2D eigenvalue weighted by molar-refractivity contribution is -0.155. The molecule has 0 aliphatic carbocycles. The number of carboxylic acid groups (broad SMARTS) is 1. The maximum absolute atomic E-state index is 10.8. The summed E-state index contributed by atoms with van der Waals surface area (Å²) >= 11 is 0. The number of nitrogens with one attached hydrogen (secondary N) is 1. The maximum atomic E-state index is 10.8. The van der Waals surface area contributed by atoms with E-state index in [9.17, 15) is 9.90 Å². The van der Waals surface area contributed by atoms with Gasteiger partial charge in [0.05, 0.1) is 19.2 Å². The summed E-state index contributed by atoms with van der Waals surface area (Å²) in [5.41, 5.74) is -1.21. The minimum atomic E-state index is -1.86. The van der Waals surface area contributed by atoms with E-state index in [-0.39, 0.29) is 6.54 Å². The van der Waals surface area contributed by atoms with Gasteiger partial charge in [-0.05, 0) is 20.8 Å². The molecule has 0 radical (unpaired) electrons. The van der Waals surface area contributed by atoms with Crippen LogP contribution in [0.4, 0.5) is 5.82 Å². The monoisotopic (exact) mass is 255 g/mol. The Labute approximate surface area is 105 Å². The highest BCUT2D eigenvalue weighted by Gasteiger charge is 2.30. The number of carbonyl (C=O) groups is 1. The summed E-state index contributed by atoms with van der Waals surface area (Å²) in [5.74, 6) is 0.0566. The molecule has 1 aromatic heterocycles. The molecule has 0 fully saturated rings. The Morgan fingerprint density at radius 2 is 2.06 bits per heavy atom. The Morgan fingerprint density at radius 1 is 1.44 bits per heavy atom. The van der Waals surface area contributed by atoms with E-state index in [1.165, 1.54) is 14.0 Å². The second kappa shape index (κ2) is 5.18. The number of carboxylic acids is 1. The number of rotatable bonds is 5. The van der Waals surface area contributed by atoms with Gasteiger partial charge in [-0.1, -0.05) is 0 Å². The van der Waals surface area contributed by atoms with Gasteiger partial charge in [0.15, 0.2) is 5.60 Å². The lowest BCUT2D eigenvalue weighted by Gasteiger charge is -2.20. The van der Waals surface area contributed by atoms with Crippen molar-refractivity contribution in [3.8, 4) is 5.88 Å². The third-order valence-corrected chi connectivity index (χ3v) is 2.47. The van der Waals surface area contributed by atoms with Crippen molar-refractivity contribution in [2.24, 2.45) is 0 Å². The molecule has 1 rings (SSSR count). The average molecular weight is 255 g/mol. The van der Waals surface area contributed by atoms with Crippen LogP contribution in [0.3, 0.4) is 0 Å². The number of hydrogen-bond acceptors (Lipinski definition) is 6. The number of ether oxygens (including phenoxy) is 1. The molecule has 7 nitrogen and oxygen atoms in total. The molecule has 0 aliphatic heterocycles. The molecule has 0 bridgehead atoms. The van der Waals surface area contributed by atoms with Gasteiger partial charge < -0.3 is 20.3 Å². The molecular weight excluding hydrogens is 238 g/mol. The van der Waals surface area contributed by atoms with Gasteiger partial charge in [-0.2, -0.15) is 4.98 Å². The van der Waals surface area contributed by atoms with E-state index >= 15 is 0 Å². The van der Waals surface area contributed by atoms with E-state index in [4.69, 9.17) is 9.84 Å². The van der Waals surface area contributed by atoms with Crippen molar-refractivity contribution >= 4 is 11.8 Å². The zero-order valence-electron chi connectivity index (χ0n) is 10.8. The van der Waals surface area contributed by atoms with E-state index in [1.807, 2.05) is 0 Å². The van der Waals surface area contributed by atoms with Crippen LogP contribution in [0, 0.1) is 13.8 Å². The average Bonchev–Trinajstić information content (AvgIpc) is 2.29. The molecule has 1 heterocycles. The zero-order valence-corrected chi connectivity index (χ0v) is 10.8. The number of aliphatic hydroxyl groups is 1. The SMILES string of the molecule is COc1nc(C)nc(NCC(C)(O)C(=O)O)c1C. The summed E-state index contributed by atoms with van der Waals surface area (Å²) in [5, 5.41) is 21.2.